The van der Waals surface area contributed by atoms with Crippen molar-refractivity contribution in [3.8, 4) is 11.5 Å². The quantitative estimate of drug-likeness (QED) is 0.844. The molecule has 1 heterocycles. The van der Waals surface area contributed by atoms with E-state index in [1.54, 1.807) is 36.5 Å². The van der Waals surface area contributed by atoms with Gasteiger partial charge in [-0.1, -0.05) is 6.07 Å². The van der Waals surface area contributed by atoms with Crippen LogP contribution in [0.25, 0.3) is 0 Å². The summed E-state index contributed by atoms with van der Waals surface area (Å²) in [5, 5.41) is 0. The van der Waals surface area contributed by atoms with Gasteiger partial charge in [0.05, 0.1) is 25.7 Å². The van der Waals surface area contributed by atoms with Gasteiger partial charge < -0.3 is 9.47 Å². The van der Waals surface area contributed by atoms with Crippen LogP contribution < -0.4 is 14.2 Å². The lowest BCUT2D eigenvalue weighted by molar-refractivity contribution is 0.395. The van der Waals surface area contributed by atoms with E-state index in [0.29, 0.717) is 23.6 Å². The van der Waals surface area contributed by atoms with Gasteiger partial charge in [0.2, 0.25) is 10.0 Å². The van der Waals surface area contributed by atoms with Crippen molar-refractivity contribution in [1.82, 2.24) is 4.98 Å². The van der Waals surface area contributed by atoms with Gasteiger partial charge in [0.1, 0.15) is 11.5 Å². The van der Waals surface area contributed by atoms with Gasteiger partial charge in [0.25, 0.3) is 0 Å². The van der Waals surface area contributed by atoms with Gasteiger partial charge in [0, 0.05) is 36.5 Å². The van der Waals surface area contributed by atoms with Crippen molar-refractivity contribution in [3.05, 3.63) is 48.3 Å². The highest BCUT2D eigenvalue weighted by molar-refractivity contribution is 7.92. The molecule has 7 heteroatoms. The molecule has 0 atom stereocenters. The first-order valence-electron chi connectivity index (χ1n) is 6.66. The summed E-state index contributed by atoms with van der Waals surface area (Å²) in [5.41, 5.74) is 1.13. The highest BCUT2D eigenvalue weighted by atomic mass is 32.2. The van der Waals surface area contributed by atoms with E-state index >= 15 is 0 Å². The minimum Gasteiger partial charge on any atom is -0.497 e. The zero-order chi connectivity index (χ0) is 16.0. The normalized spacial score (nSPS) is 11.0. The molecule has 0 amide bonds. The molecule has 0 bridgehead atoms. The van der Waals surface area contributed by atoms with Gasteiger partial charge in [0.15, 0.2) is 0 Å². The number of nitrogens with zero attached hydrogens (tertiary/aromatic N) is 1. The zero-order valence-electron chi connectivity index (χ0n) is 12.4. The third kappa shape index (κ3) is 4.63. The summed E-state index contributed by atoms with van der Waals surface area (Å²) < 4.78 is 37.1. The standard InChI is InChI=1S/C15H18N2O4S/c1-20-14-9-13(10-15(11-14)21-2)17-22(18,19)8-6-12-5-3-4-7-16-12/h3-5,7,9-11,17H,6,8H2,1-2H3. The van der Waals surface area contributed by atoms with E-state index in [4.69, 9.17) is 9.47 Å². The Hall–Kier alpha value is -2.28. The fourth-order valence-electron chi connectivity index (χ4n) is 1.88. The highest BCUT2D eigenvalue weighted by Gasteiger charge is 2.13. The molecule has 6 nitrogen and oxygen atoms in total. The van der Waals surface area contributed by atoms with Crippen molar-refractivity contribution in [1.29, 1.82) is 0 Å². The Balaban J connectivity index is 2.08. The van der Waals surface area contributed by atoms with Gasteiger partial charge >= 0.3 is 0 Å². The number of aryl methyl sites for hydroxylation is 1. The fourth-order valence-corrected chi connectivity index (χ4v) is 2.94. The van der Waals surface area contributed by atoms with Crippen molar-refractivity contribution < 1.29 is 17.9 Å². The van der Waals surface area contributed by atoms with Gasteiger partial charge in [-0.15, -0.1) is 0 Å². The molecule has 0 spiro atoms. The second-order valence-corrected chi connectivity index (χ2v) is 6.44. The van der Waals surface area contributed by atoms with Crippen LogP contribution in [0, 0.1) is 0 Å². The van der Waals surface area contributed by atoms with Crippen LogP contribution in [-0.4, -0.2) is 33.4 Å². The average molecular weight is 322 g/mol. The predicted octanol–water partition coefficient (Wildman–Crippen LogP) is 2.08. The van der Waals surface area contributed by atoms with Crippen LogP contribution in [0.4, 0.5) is 5.69 Å². The topological polar surface area (TPSA) is 77.5 Å². The van der Waals surface area contributed by atoms with E-state index in [1.165, 1.54) is 14.2 Å². The number of methoxy groups -OCH3 is 2. The fraction of sp³-hybridized carbons (Fsp3) is 0.267. The smallest absolute Gasteiger partial charge is 0.233 e. The van der Waals surface area contributed by atoms with Gasteiger partial charge in [-0.25, -0.2) is 8.42 Å². The summed E-state index contributed by atoms with van der Waals surface area (Å²) in [6, 6.07) is 10.3. The number of ether oxygens (including phenoxy) is 2. The molecule has 0 aliphatic carbocycles. The molecule has 1 aromatic carbocycles. The van der Waals surface area contributed by atoms with E-state index in [1.807, 2.05) is 6.07 Å². The predicted molar refractivity (Wildman–Crippen MR) is 84.9 cm³/mol. The number of rotatable bonds is 7. The Morgan fingerprint density at radius 3 is 2.32 bits per heavy atom. The molecule has 22 heavy (non-hydrogen) atoms. The third-order valence-electron chi connectivity index (χ3n) is 2.98. The van der Waals surface area contributed by atoms with Crippen LogP contribution in [0.2, 0.25) is 0 Å². The van der Waals surface area contributed by atoms with Gasteiger partial charge in [-0.3, -0.25) is 9.71 Å². The summed E-state index contributed by atoms with van der Waals surface area (Å²) in [6.07, 6.45) is 1.99. The van der Waals surface area contributed by atoms with Gasteiger partial charge in [-0.2, -0.15) is 0 Å². The molecule has 0 saturated heterocycles. The lowest BCUT2D eigenvalue weighted by atomic mass is 10.3. The molecule has 0 unspecified atom stereocenters. The Bertz CT molecular complexity index is 695. The number of pyridine rings is 1. The van der Waals surface area contributed by atoms with Crippen LogP contribution in [0.3, 0.4) is 0 Å². The minimum absolute atomic E-state index is 0.0520. The molecule has 2 rings (SSSR count). The first-order valence-corrected chi connectivity index (χ1v) is 8.31. The second kappa shape index (κ2) is 7.13. The molecule has 0 fully saturated rings. The SMILES string of the molecule is COc1cc(NS(=O)(=O)CCc2ccccn2)cc(OC)c1. The minimum atomic E-state index is -3.48. The van der Waals surface area contributed by atoms with Crippen molar-refractivity contribution >= 4 is 15.7 Å². The Morgan fingerprint density at radius 1 is 1.09 bits per heavy atom. The van der Waals surface area contributed by atoms with E-state index in [2.05, 4.69) is 9.71 Å². The molecule has 118 valence electrons. The molecular formula is C15H18N2O4S. The van der Waals surface area contributed by atoms with E-state index in [0.717, 1.165) is 5.69 Å². The Labute approximate surface area is 130 Å². The molecule has 1 aromatic heterocycles. The monoisotopic (exact) mass is 322 g/mol. The van der Waals surface area contributed by atoms with Crippen LogP contribution in [0.15, 0.2) is 42.6 Å². The summed E-state index contributed by atoms with van der Waals surface area (Å²) in [7, 11) is -0.468. The molecule has 0 aliphatic rings. The second-order valence-electron chi connectivity index (χ2n) is 4.59. The van der Waals surface area contributed by atoms with E-state index in [-0.39, 0.29) is 5.75 Å². The largest absolute Gasteiger partial charge is 0.497 e. The molecule has 0 aliphatic heterocycles. The first kappa shape index (κ1) is 16.1. The Kier molecular flexibility index (Phi) is 5.21. The van der Waals surface area contributed by atoms with Crippen LogP contribution >= 0.6 is 0 Å². The Morgan fingerprint density at radius 2 is 1.77 bits per heavy atom. The van der Waals surface area contributed by atoms with E-state index < -0.39 is 10.0 Å². The maximum absolute atomic E-state index is 12.2. The number of sulfonamides is 1. The van der Waals surface area contributed by atoms with Crippen LogP contribution in [0.5, 0.6) is 11.5 Å². The van der Waals surface area contributed by atoms with Crippen molar-refractivity contribution in [2.24, 2.45) is 0 Å². The number of nitrogens with one attached hydrogen (secondary N) is 1. The summed E-state index contributed by atoms with van der Waals surface area (Å²) in [4.78, 5) is 4.11. The summed E-state index contributed by atoms with van der Waals surface area (Å²) in [6.45, 7) is 0. The molecular weight excluding hydrogens is 304 g/mol. The van der Waals surface area contributed by atoms with Crippen molar-refractivity contribution in [2.75, 3.05) is 24.7 Å². The summed E-state index contributed by atoms with van der Waals surface area (Å²) in [5.74, 6) is 0.979. The lowest BCUT2D eigenvalue weighted by Crippen LogP contribution is -2.18. The summed E-state index contributed by atoms with van der Waals surface area (Å²) >= 11 is 0. The average Bonchev–Trinajstić information content (AvgIpc) is 2.53. The highest BCUT2D eigenvalue weighted by Crippen LogP contribution is 2.26. The van der Waals surface area contributed by atoms with Crippen LogP contribution in [0.1, 0.15) is 5.69 Å². The maximum Gasteiger partial charge on any atom is 0.233 e. The molecule has 1 N–H and O–H groups in total. The van der Waals surface area contributed by atoms with Gasteiger partial charge in [-0.05, 0) is 12.1 Å². The first-order chi connectivity index (χ1) is 10.5. The van der Waals surface area contributed by atoms with Crippen molar-refractivity contribution in [2.45, 2.75) is 6.42 Å². The van der Waals surface area contributed by atoms with Crippen LogP contribution in [-0.2, 0) is 16.4 Å². The number of benzene rings is 1. The molecule has 0 radical (unpaired) electrons. The molecule has 0 saturated carbocycles. The van der Waals surface area contributed by atoms with Crippen molar-refractivity contribution in [3.63, 3.8) is 0 Å². The number of aromatic nitrogens is 1. The number of anilines is 1. The maximum atomic E-state index is 12.2. The zero-order valence-corrected chi connectivity index (χ0v) is 13.3. The third-order valence-corrected chi connectivity index (χ3v) is 4.27. The lowest BCUT2D eigenvalue weighted by Gasteiger charge is -2.11. The molecule has 2 aromatic rings. The van der Waals surface area contributed by atoms with E-state index in [9.17, 15) is 8.42 Å². The number of hydrogen-bond donors (Lipinski definition) is 1. The number of hydrogen-bond acceptors (Lipinski definition) is 5.